The molecule has 6 heteroatoms. The molecule has 2 heterocycles. The number of aryl methyl sites for hydroxylation is 1. The minimum absolute atomic E-state index is 0.00658. The predicted molar refractivity (Wildman–Crippen MR) is 90.0 cm³/mol. The summed E-state index contributed by atoms with van der Waals surface area (Å²) >= 11 is 0. The molecule has 126 valence electrons. The van der Waals surface area contributed by atoms with Crippen LogP contribution in [0.25, 0.3) is 0 Å². The molecule has 1 aromatic carbocycles. The second-order valence-electron chi connectivity index (χ2n) is 6.10. The highest BCUT2D eigenvalue weighted by atomic mass is 19.1. The minimum Gasteiger partial charge on any atom is -0.355 e. The first-order chi connectivity index (χ1) is 11.6. The van der Waals surface area contributed by atoms with Gasteiger partial charge in [0.2, 0.25) is 5.91 Å². The molecule has 0 unspecified atom stereocenters. The summed E-state index contributed by atoms with van der Waals surface area (Å²) in [6, 6.07) is 10.4. The Labute approximate surface area is 140 Å². The molecule has 5 nitrogen and oxygen atoms in total. The topological polar surface area (TPSA) is 58.1 Å². The molecular formula is C18H21FN4O. The lowest BCUT2D eigenvalue weighted by Gasteiger charge is -2.31. The molecule has 1 aliphatic rings. The van der Waals surface area contributed by atoms with E-state index < -0.39 is 0 Å². The average molecular weight is 328 g/mol. The van der Waals surface area contributed by atoms with Crippen molar-refractivity contribution < 1.29 is 9.18 Å². The number of carbonyl (C=O) groups is 1. The number of aromatic nitrogens is 2. The maximum absolute atomic E-state index is 13.6. The highest BCUT2D eigenvalue weighted by Crippen LogP contribution is 2.21. The molecule has 0 aliphatic carbocycles. The molecule has 1 amide bonds. The molecule has 1 N–H and O–H groups in total. The van der Waals surface area contributed by atoms with Crippen LogP contribution < -0.4 is 10.2 Å². The third-order valence-corrected chi connectivity index (χ3v) is 4.38. The van der Waals surface area contributed by atoms with Gasteiger partial charge in [0.15, 0.2) is 5.82 Å². The summed E-state index contributed by atoms with van der Waals surface area (Å²) in [7, 11) is 0. The number of anilines is 1. The van der Waals surface area contributed by atoms with Gasteiger partial charge in [0.05, 0.1) is 5.69 Å². The largest absolute Gasteiger partial charge is 0.355 e. The molecule has 0 radical (unpaired) electrons. The van der Waals surface area contributed by atoms with Gasteiger partial charge in [-0.15, -0.1) is 5.10 Å². The quantitative estimate of drug-likeness (QED) is 0.937. The lowest BCUT2D eigenvalue weighted by Crippen LogP contribution is -2.40. The Morgan fingerprint density at radius 2 is 1.96 bits per heavy atom. The second-order valence-corrected chi connectivity index (χ2v) is 6.10. The normalized spacial score (nSPS) is 15.3. The van der Waals surface area contributed by atoms with Crippen LogP contribution in [0, 0.1) is 18.7 Å². The molecule has 0 saturated carbocycles. The van der Waals surface area contributed by atoms with Gasteiger partial charge in [-0.1, -0.05) is 18.2 Å². The number of piperidine rings is 1. The van der Waals surface area contributed by atoms with Crippen LogP contribution in [0.5, 0.6) is 0 Å². The number of amides is 1. The van der Waals surface area contributed by atoms with E-state index >= 15 is 0 Å². The Balaban J connectivity index is 1.50. The van der Waals surface area contributed by atoms with E-state index in [-0.39, 0.29) is 24.2 Å². The van der Waals surface area contributed by atoms with Crippen LogP contribution in [-0.2, 0) is 11.3 Å². The van der Waals surface area contributed by atoms with Gasteiger partial charge in [0.1, 0.15) is 5.82 Å². The number of benzene rings is 1. The second kappa shape index (κ2) is 7.38. The zero-order valence-electron chi connectivity index (χ0n) is 13.7. The van der Waals surface area contributed by atoms with Gasteiger partial charge in [-0.3, -0.25) is 4.79 Å². The van der Waals surface area contributed by atoms with Crippen LogP contribution in [0.15, 0.2) is 36.4 Å². The van der Waals surface area contributed by atoms with E-state index in [1.165, 1.54) is 6.07 Å². The van der Waals surface area contributed by atoms with Crippen LogP contribution in [0.2, 0.25) is 0 Å². The summed E-state index contributed by atoms with van der Waals surface area (Å²) in [5, 5.41) is 11.1. The van der Waals surface area contributed by atoms with Gasteiger partial charge in [0, 0.05) is 31.1 Å². The minimum atomic E-state index is -0.287. The fourth-order valence-corrected chi connectivity index (χ4v) is 2.90. The van der Waals surface area contributed by atoms with E-state index in [1.807, 2.05) is 19.1 Å². The first-order valence-corrected chi connectivity index (χ1v) is 8.20. The van der Waals surface area contributed by atoms with Gasteiger partial charge >= 0.3 is 0 Å². The fourth-order valence-electron chi connectivity index (χ4n) is 2.90. The Bertz CT molecular complexity index is 696. The van der Waals surface area contributed by atoms with Crippen molar-refractivity contribution in [1.82, 2.24) is 15.5 Å². The van der Waals surface area contributed by atoms with E-state index in [9.17, 15) is 9.18 Å². The van der Waals surface area contributed by atoms with E-state index in [0.717, 1.165) is 37.4 Å². The summed E-state index contributed by atoms with van der Waals surface area (Å²) in [5.41, 5.74) is 1.40. The van der Waals surface area contributed by atoms with Crippen molar-refractivity contribution in [3.8, 4) is 0 Å². The maximum atomic E-state index is 13.6. The first kappa shape index (κ1) is 16.4. The molecule has 1 saturated heterocycles. The van der Waals surface area contributed by atoms with Gasteiger partial charge in [-0.05, 0) is 38.0 Å². The van der Waals surface area contributed by atoms with Crippen molar-refractivity contribution in [2.45, 2.75) is 26.3 Å². The number of halogens is 1. The summed E-state index contributed by atoms with van der Waals surface area (Å²) < 4.78 is 13.6. The van der Waals surface area contributed by atoms with Gasteiger partial charge in [-0.25, -0.2) is 4.39 Å². The third-order valence-electron chi connectivity index (χ3n) is 4.38. The molecule has 0 spiro atoms. The summed E-state index contributed by atoms with van der Waals surface area (Å²) in [5.74, 6) is 0.524. The van der Waals surface area contributed by atoms with E-state index in [2.05, 4.69) is 20.4 Å². The monoisotopic (exact) mass is 328 g/mol. The van der Waals surface area contributed by atoms with Crippen LogP contribution in [0.4, 0.5) is 10.2 Å². The molecule has 0 bridgehead atoms. The van der Waals surface area contributed by atoms with Gasteiger partial charge in [0.25, 0.3) is 0 Å². The number of rotatable bonds is 4. The summed E-state index contributed by atoms with van der Waals surface area (Å²) in [4.78, 5) is 14.4. The number of nitrogens with zero attached hydrogens (tertiary/aromatic N) is 3. The van der Waals surface area contributed by atoms with Crippen molar-refractivity contribution in [3.63, 3.8) is 0 Å². The molecule has 1 aliphatic heterocycles. The van der Waals surface area contributed by atoms with Crippen LogP contribution in [0.1, 0.15) is 24.1 Å². The number of hydrogen-bond donors (Lipinski definition) is 1. The highest BCUT2D eigenvalue weighted by molar-refractivity contribution is 5.79. The van der Waals surface area contributed by atoms with Crippen molar-refractivity contribution >= 4 is 11.7 Å². The average Bonchev–Trinajstić information content (AvgIpc) is 2.62. The molecule has 3 rings (SSSR count). The van der Waals surface area contributed by atoms with Crippen molar-refractivity contribution in [3.05, 3.63) is 53.5 Å². The first-order valence-electron chi connectivity index (χ1n) is 8.20. The van der Waals surface area contributed by atoms with E-state index in [1.54, 1.807) is 18.2 Å². The van der Waals surface area contributed by atoms with Crippen molar-refractivity contribution in [1.29, 1.82) is 0 Å². The van der Waals surface area contributed by atoms with Crippen LogP contribution >= 0.6 is 0 Å². The molecule has 1 aromatic heterocycles. The van der Waals surface area contributed by atoms with E-state index in [4.69, 9.17) is 0 Å². The zero-order valence-corrected chi connectivity index (χ0v) is 13.7. The van der Waals surface area contributed by atoms with Crippen molar-refractivity contribution in [2.24, 2.45) is 5.92 Å². The van der Waals surface area contributed by atoms with Crippen LogP contribution in [0.3, 0.4) is 0 Å². The Morgan fingerprint density at radius 1 is 1.21 bits per heavy atom. The zero-order chi connectivity index (χ0) is 16.9. The third kappa shape index (κ3) is 3.88. The Hall–Kier alpha value is -2.50. The molecule has 0 atom stereocenters. The standard InChI is InChI=1S/C18H21FN4O/c1-13-6-7-17(22-21-13)23-10-8-14(9-11-23)18(24)20-12-15-4-2-3-5-16(15)19/h2-7,14H,8-12H2,1H3,(H,20,24). The lowest BCUT2D eigenvalue weighted by atomic mass is 9.96. The number of hydrogen-bond acceptors (Lipinski definition) is 4. The maximum Gasteiger partial charge on any atom is 0.223 e. The fraction of sp³-hybridized carbons (Fsp3) is 0.389. The molecular weight excluding hydrogens is 307 g/mol. The molecule has 2 aromatic rings. The van der Waals surface area contributed by atoms with Gasteiger partial charge < -0.3 is 10.2 Å². The number of carbonyl (C=O) groups excluding carboxylic acids is 1. The van der Waals surface area contributed by atoms with Crippen LogP contribution in [-0.4, -0.2) is 29.2 Å². The highest BCUT2D eigenvalue weighted by Gasteiger charge is 2.25. The Morgan fingerprint density at radius 3 is 2.62 bits per heavy atom. The Kier molecular flexibility index (Phi) is 5.03. The number of nitrogens with one attached hydrogen (secondary N) is 1. The predicted octanol–water partition coefficient (Wildman–Crippen LogP) is 2.46. The molecule has 1 fully saturated rings. The van der Waals surface area contributed by atoms with Crippen molar-refractivity contribution in [2.75, 3.05) is 18.0 Å². The smallest absolute Gasteiger partial charge is 0.223 e. The lowest BCUT2D eigenvalue weighted by molar-refractivity contribution is -0.125. The SMILES string of the molecule is Cc1ccc(N2CCC(C(=O)NCc3ccccc3F)CC2)nn1. The van der Waals surface area contributed by atoms with Gasteiger partial charge in [-0.2, -0.15) is 5.10 Å². The summed E-state index contributed by atoms with van der Waals surface area (Å²) in [6.07, 6.45) is 1.53. The molecule has 24 heavy (non-hydrogen) atoms. The summed E-state index contributed by atoms with van der Waals surface area (Å²) in [6.45, 7) is 3.68. The van der Waals surface area contributed by atoms with E-state index in [0.29, 0.717) is 5.56 Å².